The van der Waals surface area contributed by atoms with Gasteiger partial charge in [0.05, 0.1) is 10.9 Å². The number of amides is 1. The Kier molecular flexibility index (Phi) is 4.04. The van der Waals surface area contributed by atoms with Gasteiger partial charge in [0.15, 0.2) is 0 Å². The molecule has 0 bridgehead atoms. The van der Waals surface area contributed by atoms with Gasteiger partial charge in [0, 0.05) is 18.5 Å². The number of benzene rings is 1. The number of hydrogen-bond acceptors (Lipinski definition) is 2. The van der Waals surface area contributed by atoms with Crippen LogP contribution in [0.25, 0.3) is 11.0 Å². The number of nitrogens with zero attached hydrogens (tertiary/aromatic N) is 1. The summed E-state index contributed by atoms with van der Waals surface area (Å²) in [4.78, 5) is 14.4. The second-order valence-electron chi connectivity index (χ2n) is 6.06. The van der Waals surface area contributed by atoms with Gasteiger partial charge in [-0.3, -0.25) is 4.79 Å². The van der Waals surface area contributed by atoms with Crippen LogP contribution in [-0.4, -0.2) is 32.0 Å². The second-order valence-corrected chi connectivity index (χ2v) is 11.1. The quantitative estimate of drug-likeness (QED) is 0.808. The Bertz CT molecular complexity index is 621. The number of furan rings is 1. The lowest BCUT2D eigenvalue weighted by molar-refractivity contribution is 0.0774. The summed E-state index contributed by atoms with van der Waals surface area (Å²) in [5.41, 5.74) is 1.41. The first-order chi connectivity index (χ1) is 9.38. The minimum Gasteiger partial charge on any atom is -0.465 e. The fourth-order valence-corrected chi connectivity index (χ4v) is 3.28. The molecule has 0 saturated carbocycles. The molecule has 0 atom stereocenters. The number of para-hydroxylation sites is 1. The van der Waals surface area contributed by atoms with Crippen LogP contribution in [0, 0.1) is 0 Å². The Morgan fingerprint density at radius 2 is 1.85 bits per heavy atom. The third-order valence-electron chi connectivity index (χ3n) is 3.56. The van der Waals surface area contributed by atoms with Crippen molar-refractivity contribution >= 4 is 30.3 Å². The average molecular weight is 289 g/mol. The van der Waals surface area contributed by atoms with Crippen molar-refractivity contribution in [1.29, 1.82) is 0 Å². The van der Waals surface area contributed by atoms with E-state index in [4.69, 9.17) is 4.42 Å². The zero-order valence-corrected chi connectivity index (χ0v) is 14.0. The third-order valence-corrected chi connectivity index (χ3v) is 5.29. The smallest absolute Gasteiger partial charge is 0.257 e. The van der Waals surface area contributed by atoms with Crippen molar-refractivity contribution in [3.8, 4) is 0 Å². The summed E-state index contributed by atoms with van der Waals surface area (Å²) < 4.78 is 6.04. The molecule has 3 nitrogen and oxygen atoms in total. The topological polar surface area (TPSA) is 33.5 Å². The highest BCUT2D eigenvalue weighted by Crippen LogP contribution is 2.22. The molecule has 0 spiro atoms. The summed E-state index contributed by atoms with van der Waals surface area (Å²) in [6.07, 6.45) is 0. The Morgan fingerprint density at radius 1 is 1.20 bits per heavy atom. The molecule has 0 aliphatic rings. The van der Waals surface area contributed by atoms with E-state index in [0.29, 0.717) is 18.7 Å². The summed E-state index contributed by atoms with van der Waals surface area (Å²) >= 11 is 0. The maximum atomic E-state index is 12.6. The van der Waals surface area contributed by atoms with Crippen molar-refractivity contribution in [2.75, 3.05) is 13.1 Å². The van der Waals surface area contributed by atoms with Crippen LogP contribution in [0.3, 0.4) is 0 Å². The average Bonchev–Trinajstić information content (AvgIpc) is 2.83. The minimum absolute atomic E-state index is 0.0528. The van der Waals surface area contributed by atoms with Gasteiger partial charge in [-0.05, 0) is 26.0 Å². The lowest BCUT2D eigenvalue weighted by Crippen LogP contribution is -2.36. The molecule has 1 aromatic heterocycles. The van der Waals surface area contributed by atoms with E-state index in [0.717, 1.165) is 16.4 Å². The molecule has 0 aliphatic heterocycles. The van der Waals surface area contributed by atoms with Gasteiger partial charge in [-0.1, -0.05) is 31.8 Å². The molecule has 1 heterocycles. The van der Waals surface area contributed by atoms with Crippen LogP contribution >= 0.6 is 0 Å². The monoisotopic (exact) mass is 289 g/mol. The zero-order valence-electron chi connectivity index (χ0n) is 13.0. The van der Waals surface area contributed by atoms with E-state index in [1.54, 1.807) is 0 Å². The summed E-state index contributed by atoms with van der Waals surface area (Å²) in [5, 5.41) is 2.08. The van der Waals surface area contributed by atoms with E-state index in [1.165, 1.54) is 0 Å². The molecule has 20 heavy (non-hydrogen) atoms. The molecule has 0 N–H and O–H groups in total. The molecular formula is C16H23NO2Si. The van der Waals surface area contributed by atoms with Crippen LogP contribution in [0.2, 0.25) is 19.6 Å². The first-order valence-corrected chi connectivity index (χ1v) is 10.7. The maximum absolute atomic E-state index is 12.6. The van der Waals surface area contributed by atoms with Crippen molar-refractivity contribution < 1.29 is 9.21 Å². The van der Waals surface area contributed by atoms with Crippen molar-refractivity contribution in [3.05, 3.63) is 29.8 Å². The normalized spacial score (nSPS) is 11.8. The van der Waals surface area contributed by atoms with Gasteiger partial charge in [-0.25, -0.2) is 0 Å². The van der Waals surface area contributed by atoms with Gasteiger partial charge in [-0.15, -0.1) is 0 Å². The fourth-order valence-electron chi connectivity index (χ4n) is 2.28. The Morgan fingerprint density at radius 3 is 2.40 bits per heavy atom. The van der Waals surface area contributed by atoms with Crippen LogP contribution in [0.1, 0.15) is 24.2 Å². The first-order valence-electron chi connectivity index (χ1n) is 7.20. The SMILES string of the molecule is CCN(CC)C(=O)c1cccc2cc([Si](C)(C)C)oc12. The number of hydrogen-bond donors (Lipinski definition) is 0. The van der Waals surface area contributed by atoms with Crippen LogP contribution in [0.15, 0.2) is 28.7 Å². The molecule has 0 fully saturated rings. The molecule has 1 aromatic carbocycles. The van der Waals surface area contributed by atoms with E-state index >= 15 is 0 Å². The van der Waals surface area contributed by atoms with Crippen molar-refractivity contribution in [2.24, 2.45) is 0 Å². The Balaban J connectivity index is 2.55. The molecule has 1 amide bonds. The molecule has 108 valence electrons. The van der Waals surface area contributed by atoms with Crippen LogP contribution in [0.5, 0.6) is 0 Å². The van der Waals surface area contributed by atoms with E-state index < -0.39 is 8.07 Å². The highest BCUT2D eigenvalue weighted by atomic mass is 28.3. The van der Waals surface area contributed by atoms with Gasteiger partial charge in [0.25, 0.3) is 5.91 Å². The van der Waals surface area contributed by atoms with E-state index in [9.17, 15) is 4.79 Å². The summed E-state index contributed by atoms with van der Waals surface area (Å²) in [5.74, 6) is 0.0528. The highest BCUT2D eigenvalue weighted by Gasteiger charge is 2.24. The predicted molar refractivity (Wildman–Crippen MR) is 86.4 cm³/mol. The minimum atomic E-state index is -1.51. The summed E-state index contributed by atoms with van der Waals surface area (Å²) in [7, 11) is -1.51. The van der Waals surface area contributed by atoms with E-state index in [1.807, 2.05) is 36.9 Å². The number of fused-ring (bicyclic) bond motifs is 1. The largest absolute Gasteiger partial charge is 0.465 e. The van der Waals surface area contributed by atoms with Crippen LogP contribution in [-0.2, 0) is 0 Å². The Labute approximate surface area is 121 Å². The summed E-state index contributed by atoms with van der Waals surface area (Å²) in [6.45, 7) is 12.2. The zero-order chi connectivity index (χ0) is 14.9. The second kappa shape index (κ2) is 5.44. The first kappa shape index (κ1) is 14.8. The molecule has 0 saturated heterocycles. The third kappa shape index (κ3) is 2.65. The fraction of sp³-hybridized carbons (Fsp3) is 0.438. The lowest BCUT2D eigenvalue weighted by Gasteiger charge is -2.18. The van der Waals surface area contributed by atoms with Crippen molar-refractivity contribution in [3.63, 3.8) is 0 Å². The van der Waals surface area contributed by atoms with Gasteiger partial charge in [0.2, 0.25) is 0 Å². The number of carbonyl (C=O) groups is 1. The molecule has 2 aromatic rings. The van der Waals surface area contributed by atoms with Crippen LogP contribution < -0.4 is 5.38 Å². The lowest BCUT2D eigenvalue weighted by atomic mass is 10.1. The van der Waals surface area contributed by atoms with Crippen molar-refractivity contribution in [1.82, 2.24) is 4.90 Å². The number of carbonyl (C=O) groups excluding carboxylic acids is 1. The summed E-state index contributed by atoms with van der Waals surface area (Å²) in [6, 6.07) is 7.91. The molecule has 0 radical (unpaired) electrons. The molecular weight excluding hydrogens is 266 g/mol. The van der Waals surface area contributed by atoms with Gasteiger partial charge in [0.1, 0.15) is 13.7 Å². The standard InChI is InChI=1S/C16H23NO2Si/c1-6-17(7-2)16(18)13-10-8-9-12-11-14(19-15(12)13)20(3,4)5/h8-11H,6-7H2,1-5H3. The van der Waals surface area contributed by atoms with E-state index in [-0.39, 0.29) is 5.91 Å². The van der Waals surface area contributed by atoms with E-state index in [2.05, 4.69) is 25.7 Å². The van der Waals surface area contributed by atoms with Gasteiger partial charge < -0.3 is 9.32 Å². The van der Waals surface area contributed by atoms with Crippen molar-refractivity contribution in [2.45, 2.75) is 33.5 Å². The number of rotatable bonds is 4. The van der Waals surface area contributed by atoms with Gasteiger partial charge >= 0.3 is 0 Å². The Hall–Kier alpha value is -1.55. The highest BCUT2D eigenvalue weighted by molar-refractivity contribution is 6.87. The molecule has 0 unspecified atom stereocenters. The van der Waals surface area contributed by atoms with Gasteiger partial charge in [-0.2, -0.15) is 0 Å². The molecule has 2 rings (SSSR count). The van der Waals surface area contributed by atoms with Crippen LogP contribution in [0.4, 0.5) is 0 Å². The predicted octanol–water partition coefficient (Wildman–Crippen LogP) is 3.46. The molecule has 0 aliphatic carbocycles. The maximum Gasteiger partial charge on any atom is 0.257 e. The molecule has 4 heteroatoms.